The van der Waals surface area contributed by atoms with Crippen molar-refractivity contribution in [3.63, 3.8) is 0 Å². The molecule has 0 saturated heterocycles. The molecule has 0 aliphatic rings. The first-order chi connectivity index (χ1) is 7.46. The Hall–Kier alpha value is -0.970. The zero-order valence-electron chi connectivity index (χ0n) is 10.6. The van der Waals surface area contributed by atoms with Crippen LogP contribution in [0.4, 0.5) is 11.8 Å². The van der Waals surface area contributed by atoms with E-state index in [2.05, 4.69) is 40.7 Å². The van der Waals surface area contributed by atoms with Crippen LogP contribution in [0.15, 0.2) is 6.07 Å². The van der Waals surface area contributed by atoms with Gasteiger partial charge in [-0.1, -0.05) is 0 Å². The Labute approximate surface area is 102 Å². The molecule has 1 aromatic heterocycles. The van der Waals surface area contributed by atoms with Gasteiger partial charge in [-0.25, -0.2) is 4.98 Å². The summed E-state index contributed by atoms with van der Waals surface area (Å²) in [6.45, 7) is 7.26. The molecule has 0 fully saturated rings. The molecule has 0 saturated carbocycles. The first-order valence-electron chi connectivity index (χ1n) is 5.29. The fourth-order valence-corrected chi connectivity index (χ4v) is 1.36. The number of aromatic nitrogens is 2. The van der Waals surface area contributed by atoms with Crippen molar-refractivity contribution in [2.75, 3.05) is 30.5 Å². The summed E-state index contributed by atoms with van der Waals surface area (Å²) in [7, 11) is 1.82. The SMILES string of the molecule is CNc1nc(C)cc(NCC(C)(C)SC)n1. The lowest BCUT2D eigenvalue weighted by Crippen LogP contribution is -2.26. The first-order valence-corrected chi connectivity index (χ1v) is 6.52. The molecule has 1 rings (SSSR count). The van der Waals surface area contributed by atoms with Crippen molar-refractivity contribution < 1.29 is 0 Å². The molecule has 0 aromatic carbocycles. The molecule has 0 spiro atoms. The largest absolute Gasteiger partial charge is 0.369 e. The second kappa shape index (κ2) is 5.39. The number of nitrogens with one attached hydrogen (secondary N) is 2. The molecule has 90 valence electrons. The number of anilines is 2. The highest BCUT2D eigenvalue weighted by atomic mass is 32.2. The lowest BCUT2D eigenvalue weighted by molar-refractivity contribution is 0.749. The monoisotopic (exact) mass is 240 g/mol. The van der Waals surface area contributed by atoms with Gasteiger partial charge in [0.1, 0.15) is 5.82 Å². The number of hydrogen-bond donors (Lipinski definition) is 2. The summed E-state index contributed by atoms with van der Waals surface area (Å²) >= 11 is 1.84. The normalized spacial score (nSPS) is 11.3. The van der Waals surface area contributed by atoms with Gasteiger partial charge >= 0.3 is 0 Å². The number of aryl methyl sites for hydroxylation is 1. The van der Waals surface area contributed by atoms with E-state index in [0.29, 0.717) is 5.95 Å². The highest BCUT2D eigenvalue weighted by molar-refractivity contribution is 7.99. The lowest BCUT2D eigenvalue weighted by atomic mass is 10.2. The van der Waals surface area contributed by atoms with Gasteiger partial charge in [0.2, 0.25) is 5.95 Å². The molecule has 0 amide bonds. The lowest BCUT2D eigenvalue weighted by Gasteiger charge is -2.22. The van der Waals surface area contributed by atoms with Crippen molar-refractivity contribution in [3.8, 4) is 0 Å². The molecule has 0 atom stereocenters. The van der Waals surface area contributed by atoms with E-state index in [9.17, 15) is 0 Å². The van der Waals surface area contributed by atoms with Crippen LogP contribution in [-0.2, 0) is 0 Å². The van der Waals surface area contributed by atoms with Crippen LogP contribution in [0.2, 0.25) is 0 Å². The third-order valence-corrected chi connectivity index (χ3v) is 3.58. The second-order valence-electron chi connectivity index (χ2n) is 4.29. The van der Waals surface area contributed by atoms with Gasteiger partial charge in [0.15, 0.2) is 0 Å². The highest BCUT2D eigenvalue weighted by Gasteiger charge is 2.15. The second-order valence-corrected chi connectivity index (χ2v) is 5.80. The Balaban J connectivity index is 2.70. The van der Waals surface area contributed by atoms with E-state index < -0.39 is 0 Å². The average molecular weight is 240 g/mol. The van der Waals surface area contributed by atoms with Crippen LogP contribution in [0.1, 0.15) is 19.5 Å². The minimum Gasteiger partial charge on any atom is -0.369 e. The van der Waals surface area contributed by atoms with Gasteiger partial charge in [0.25, 0.3) is 0 Å². The van der Waals surface area contributed by atoms with Gasteiger partial charge < -0.3 is 10.6 Å². The Morgan fingerprint density at radius 2 is 2.06 bits per heavy atom. The van der Waals surface area contributed by atoms with Gasteiger partial charge in [0.05, 0.1) is 0 Å². The van der Waals surface area contributed by atoms with Crippen LogP contribution in [0.25, 0.3) is 0 Å². The van der Waals surface area contributed by atoms with Crippen molar-refractivity contribution in [1.82, 2.24) is 9.97 Å². The topological polar surface area (TPSA) is 49.8 Å². The summed E-state index contributed by atoms with van der Waals surface area (Å²) in [5.74, 6) is 1.53. The fourth-order valence-electron chi connectivity index (χ4n) is 1.15. The van der Waals surface area contributed by atoms with Gasteiger partial charge in [-0.15, -0.1) is 0 Å². The zero-order valence-corrected chi connectivity index (χ0v) is 11.4. The summed E-state index contributed by atoms with van der Waals surface area (Å²) in [4.78, 5) is 8.60. The van der Waals surface area contributed by atoms with Crippen molar-refractivity contribution >= 4 is 23.5 Å². The molecule has 1 heterocycles. The predicted molar refractivity (Wildman–Crippen MR) is 72.4 cm³/mol. The maximum atomic E-state index is 4.35. The number of hydrogen-bond acceptors (Lipinski definition) is 5. The van der Waals surface area contributed by atoms with Crippen LogP contribution >= 0.6 is 11.8 Å². The Bertz CT molecular complexity index is 352. The van der Waals surface area contributed by atoms with Gasteiger partial charge in [-0.2, -0.15) is 16.7 Å². The molecular weight excluding hydrogens is 220 g/mol. The van der Waals surface area contributed by atoms with Crippen molar-refractivity contribution in [2.24, 2.45) is 0 Å². The molecule has 5 heteroatoms. The number of nitrogens with zero attached hydrogens (tertiary/aromatic N) is 2. The van der Waals surface area contributed by atoms with Crippen molar-refractivity contribution in [3.05, 3.63) is 11.8 Å². The third-order valence-electron chi connectivity index (χ3n) is 2.33. The van der Waals surface area contributed by atoms with Crippen LogP contribution in [0.3, 0.4) is 0 Å². The van der Waals surface area contributed by atoms with E-state index in [-0.39, 0.29) is 4.75 Å². The highest BCUT2D eigenvalue weighted by Crippen LogP contribution is 2.21. The summed E-state index contributed by atoms with van der Waals surface area (Å²) < 4.78 is 0.207. The molecule has 2 N–H and O–H groups in total. The smallest absolute Gasteiger partial charge is 0.224 e. The maximum absolute atomic E-state index is 4.35. The molecule has 0 radical (unpaired) electrons. The average Bonchev–Trinajstić information content (AvgIpc) is 2.26. The molecule has 0 aliphatic carbocycles. The predicted octanol–water partition coefficient (Wildman–Crippen LogP) is 2.38. The summed E-state index contributed by atoms with van der Waals surface area (Å²) in [6, 6.07) is 1.96. The summed E-state index contributed by atoms with van der Waals surface area (Å²) in [5, 5.41) is 6.29. The Kier molecular flexibility index (Phi) is 4.41. The van der Waals surface area contributed by atoms with Crippen LogP contribution in [0.5, 0.6) is 0 Å². The van der Waals surface area contributed by atoms with Crippen LogP contribution in [0, 0.1) is 6.92 Å². The number of rotatable bonds is 5. The quantitative estimate of drug-likeness (QED) is 0.827. The van der Waals surface area contributed by atoms with Gasteiger partial charge in [-0.05, 0) is 27.0 Å². The van der Waals surface area contributed by atoms with Crippen LogP contribution in [-0.4, -0.2) is 34.6 Å². The third kappa shape index (κ3) is 3.89. The standard InChI is InChI=1S/C11H20N4S/c1-8-6-9(15-10(12-4)14-8)13-7-11(2,3)16-5/h6H,7H2,1-5H3,(H2,12,13,14,15). The molecule has 0 unspecified atom stereocenters. The van der Waals surface area contributed by atoms with Crippen molar-refractivity contribution in [2.45, 2.75) is 25.5 Å². The first kappa shape index (κ1) is 13.1. The Morgan fingerprint density at radius 1 is 1.38 bits per heavy atom. The Morgan fingerprint density at radius 3 is 2.62 bits per heavy atom. The molecule has 0 bridgehead atoms. The minimum atomic E-state index is 0.207. The van der Waals surface area contributed by atoms with Crippen LogP contribution < -0.4 is 10.6 Å². The van der Waals surface area contributed by atoms with E-state index in [0.717, 1.165) is 18.1 Å². The summed E-state index contributed by atoms with van der Waals surface area (Å²) in [6.07, 6.45) is 2.12. The molecular formula is C11H20N4S. The van der Waals surface area contributed by atoms with E-state index in [1.165, 1.54) is 0 Å². The fraction of sp³-hybridized carbons (Fsp3) is 0.636. The van der Waals surface area contributed by atoms with Gasteiger partial charge in [0, 0.05) is 30.1 Å². The van der Waals surface area contributed by atoms with E-state index in [4.69, 9.17) is 0 Å². The van der Waals surface area contributed by atoms with E-state index in [1.54, 1.807) is 0 Å². The molecule has 4 nitrogen and oxygen atoms in total. The molecule has 0 aliphatic heterocycles. The van der Waals surface area contributed by atoms with Gasteiger partial charge in [-0.3, -0.25) is 0 Å². The van der Waals surface area contributed by atoms with E-state index in [1.807, 2.05) is 31.8 Å². The van der Waals surface area contributed by atoms with Crippen molar-refractivity contribution in [1.29, 1.82) is 0 Å². The maximum Gasteiger partial charge on any atom is 0.224 e. The number of thioether (sulfide) groups is 1. The minimum absolute atomic E-state index is 0.207. The molecule has 1 aromatic rings. The van der Waals surface area contributed by atoms with E-state index >= 15 is 0 Å². The summed E-state index contributed by atoms with van der Waals surface area (Å²) in [5.41, 5.74) is 0.962. The zero-order chi connectivity index (χ0) is 12.2. The molecule has 16 heavy (non-hydrogen) atoms.